The maximum absolute atomic E-state index is 11.4. The minimum Gasteiger partial charge on any atom is -0.300 e. The maximum atomic E-state index is 11.4. The first-order valence-electron chi connectivity index (χ1n) is 17.2. The molecule has 0 amide bonds. The molecule has 0 N–H and O–H groups in total. The van der Waals surface area contributed by atoms with E-state index in [1.807, 2.05) is 13.8 Å². The number of allylic oxidation sites excluding steroid dienone is 1. The quantitative estimate of drug-likeness (QED) is 0.197. The van der Waals surface area contributed by atoms with Gasteiger partial charge in [0.05, 0.1) is 0 Å². The van der Waals surface area contributed by atoms with Crippen molar-refractivity contribution in [2.75, 3.05) is 6.26 Å². The predicted molar refractivity (Wildman–Crippen MR) is 182 cm³/mol. The van der Waals surface area contributed by atoms with Crippen LogP contribution in [-0.2, 0) is 4.79 Å². The van der Waals surface area contributed by atoms with E-state index < -0.39 is 0 Å². The Bertz CT molecular complexity index is 735. The van der Waals surface area contributed by atoms with E-state index >= 15 is 0 Å². The lowest BCUT2D eigenvalue weighted by Gasteiger charge is -2.62. The Balaban J connectivity index is 0.000000480. The second-order valence-electron chi connectivity index (χ2n) is 14.0. The Morgan fingerprint density at radius 1 is 0.875 bits per heavy atom. The van der Waals surface area contributed by atoms with Crippen LogP contribution in [-0.4, -0.2) is 12.0 Å². The summed E-state index contributed by atoms with van der Waals surface area (Å²) in [4.78, 5) is 11.4. The third-order valence-electron chi connectivity index (χ3n) is 12.2. The number of ketones is 1. The Morgan fingerprint density at radius 3 is 2.05 bits per heavy atom. The molecule has 0 aromatic rings. The zero-order valence-electron chi connectivity index (χ0n) is 27.9. The normalized spacial score (nSPS) is 37.9. The van der Waals surface area contributed by atoms with Crippen molar-refractivity contribution in [2.45, 2.75) is 151 Å². The van der Waals surface area contributed by atoms with E-state index in [-0.39, 0.29) is 0 Å². The minimum absolute atomic E-state index is 0.380. The molecule has 40 heavy (non-hydrogen) atoms. The second-order valence-corrected chi connectivity index (χ2v) is 14.0. The van der Waals surface area contributed by atoms with Crippen LogP contribution in [0.5, 0.6) is 0 Å². The molecule has 0 aliphatic heterocycles. The molecule has 0 aromatic heterocycles. The van der Waals surface area contributed by atoms with Gasteiger partial charge in [-0.1, -0.05) is 72.8 Å². The fraction of sp³-hybridized carbons (Fsp3) is 0.868. The first-order chi connectivity index (χ1) is 19.3. The molecule has 5 aliphatic rings. The lowest BCUT2D eigenvalue weighted by atomic mass is 9.43. The average Bonchev–Trinajstić information content (AvgIpc) is 3.33. The van der Waals surface area contributed by atoms with Gasteiger partial charge in [0.25, 0.3) is 0 Å². The van der Waals surface area contributed by atoms with Crippen molar-refractivity contribution in [3.8, 4) is 12.8 Å². The van der Waals surface area contributed by atoms with Gasteiger partial charge in [0.1, 0.15) is 5.78 Å². The molecule has 0 aromatic carbocycles. The van der Waals surface area contributed by atoms with E-state index in [2.05, 4.69) is 58.9 Å². The van der Waals surface area contributed by atoms with Crippen molar-refractivity contribution in [2.24, 2.45) is 52.3 Å². The number of Topliss-reactive ketones (excluding diaryl/α,β-unsaturated/α-hetero) is 1. The van der Waals surface area contributed by atoms with Crippen LogP contribution in [0.3, 0.4) is 0 Å². The number of thiol groups is 1. The lowest BCUT2D eigenvalue weighted by Crippen LogP contribution is -2.55. The molecule has 5 aliphatic carbocycles. The second kappa shape index (κ2) is 18.8. The van der Waals surface area contributed by atoms with Gasteiger partial charge in [-0.3, -0.25) is 0 Å². The van der Waals surface area contributed by atoms with Gasteiger partial charge in [-0.15, -0.1) is 19.4 Å². The monoisotopic (exact) mass is 572 g/mol. The van der Waals surface area contributed by atoms with Crippen molar-refractivity contribution in [1.82, 2.24) is 0 Å². The van der Waals surface area contributed by atoms with Gasteiger partial charge in [-0.05, 0) is 136 Å². The van der Waals surface area contributed by atoms with Gasteiger partial charge in [0.15, 0.2) is 0 Å². The predicted octanol–water partition coefficient (Wildman–Crippen LogP) is 11.6. The number of hydrogen-bond acceptors (Lipinski definition) is 2. The zero-order valence-corrected chi connectivity index (χ0v) is 28.8. The van der Waals surface area contributed by atoms with Crippen LogP contribution in [0.25, 0.3) is 0 Å². The zero-order chi connectivity index (χ0) is 30.3. The molecule has 0 bridgehead atoms. The van der Waals surface area contributed by atoms with Crippen LogP contribution in [0.15, 0.2) is 12.7 Å². The summed E-state index contributed by atoms with van der Waals surface area (Å²) in [6.45, 7) is 17.5. The van der Waals surface area contributed by atoms with Crippen molar-refractivity contribution < 1.29 is 4.79 Å². The van der Waals surface area contributed by atoms with Crippen LogP contribution in [0.1, 0.15) is 151 Å². The van der Waals surface area contributed by atoms with Gasteiger partial charge in [0.2, 0.25) is 0 Å². The molecule has 0 radical (unpaired) electrons. The molecule has 0 heterocycles. The highest BCUT2D eigenvalue weighted by molar-refractivity contribution is 7.79. The molecule has 0 spiro atoms. The van der Waals surface area contributed by atoms with Crippen LogP contribution < -0.4 is 0 Å². The highest BCUT2D eigenvalue weighted by Crippen LogP contribution is 2.69. The maximum Gasteiger partial charge on any atom is 0.129 e. The first-order valence-corrected chi connectivity index (χ1v) is 18.1. The molecule has 1 nitrogen and oxygen atoms in total. The molecule has 7 unspecified atom stereocenters. The largest absolute Gasteiger partial charge is 0.300 e. The SMILES string of the molecule is C#C.C=CC1CCCCC1.CC.CC(=O)CCCC1CCC2C3C(CCC12C)C1(C)CCCCC1C[C@H]3C.CS. The summed E-state index contributed by atoms with van der Waals surface area (Å²) in [7, 11) is 0. The highest BCUT2D eigenvalue weighted by Gasteiger charge is 2.61. The smallest absolute Gasteiger partial charge is 0.129 e. The molecule has 0 saturated heterocycles. The number of rotatable bonds is 5. The van der Waals surface area contributed by atoms with Crippen LogP contribution >= 0.6 is 12.6 Å². The van der Waals surface area contributed by atoms with Gasteiger partial charge >= 0.3 is 0 Å². The van der Waals surface area contributed by atoms with Crippen molar-refractivity contribution in [1.29, 1.82) is 0 Å². The van der Waals surface area contributed by atoms with Gasteiger partial charge in [-0.2, -0.15) is 12.6 Å². The molecular formula is C38H68OS. The summed E-state index contributed by atoms with van der Waals surface area (Å²) < 4.78 is 0. The molecule has 232 valence electrons. The Hall–Kier alpha value is -0.680. The highest BCUT2D eigenvalue weighted by atomic mass is 32.1. The van der Waals surface area contributed by atoms with Gasteiger partial charge in [-0.25, -0.2) is 0 Å². The topological polar surface area (TPSA) is 17.1 Å². The third kappa shape index (κ3) is 8.91. The van der Waals surface area contributed by atoms with Crippen LogP contribution in [0.4, 0.5) is 0 Å². The van der Waals surface area contributed by atoms with E-state index in [9.17, 15) is 4.79 Å². The number of carbonyl (C=O) groups is 1. The number of fused-ring (bicyclic) bond motifs is 5. The Labute approximate surface area is 257 Å². The van der Waals surface area contributed by atoms with Crippen LogP contribution in [0, 0.1) is 65.1 Å². The number of terminal acetylenes is 1. The molecule has 5 saturated carbocycles. The van der Waals surface area contributed by atoms with Gasteiger partial charge in [0, 0.05) is 6.42 Å². The van der Waals surface area contributed by atoms with E-state index in [4.69, 9.17) is 0 Å². The number of carbonyl (C=O) groups excluding carboxylic acids is 1. The van der Waals surface area contributed by atoms with Gasteiger partial charge < -0.3 is 4.79 Å². The fourth-order valence-corrected chi connectivity index (χ4v) is 10.2. The summed E-state index contributed by atoms with van der Waals surface area (Å²) in [5, 5.41) is 0. The van der Waals surface area contributed by atoms with Crippen LogP contribution in [0.2, 0.25) is 0 Å². The van der Waals surface area contributed by atoms with Crippen molar-refractivity contribution >= 4 is 18.4 Å². The summed E-state index contributed by atoms with van der Waals surface area (Å²) in [6, 6.07) is 0. The Kier molecular flexibility index (Phi) is 17.5. The fourth-order valence-electron chi connectivity index (χ4n) is 10.2. The summed E-state index contributed by atoms with van der Waals surface area (Å²) in [5.41, 5.74) is 1.23. The average molecular weight is 573 g/mol. The molecular weight excluding hydrogens is 504 g/mol. The third-order valence-corrected chi connectivity index (χ3v) is 12.2. The summed E-state index contributed by atoms with van der Waals surface area (Å²) >= 11 is 3.53. The molecule has 5 rings (SSSR count). The van der Waals surface area contributed by atoms with E-state index in [0.717, 1.165) is 54.3 Å². The first kappa shape index (κ1) is 37.3. The van der Waals surface area contributed by atoms with Crippen molar-refractivity contribution in [3.63, 3.8) is 0 Å². The summed E-state index contributed by atoms with van der Waals surface area (Å²) in [6.07, 6.45) is 35.5. The van der Waals surface area contributed by atoms with Crippen molar-refractivity contribution in [3.05, 3.63) is 12.7 Å². The molecule has 5 fully saturated rings. The minimum atomic E-state index is 0.380. The molecule has 8 atom stereocenters. The van der Waals surface area contributed by atoms with E-state index in [0.29, 0.717) is 16.6 Å². The molecule has 2 heteroatoms. The van der Waals surface area contributed by atoms with E-state index in [1.54, 1.807) is 13.2 Å². The number of hydrogen-bond donors (Lipinski definition) is 1. The Morgan fingerprint density at radius 2 is 1.48 bits per heavy atom. The van der Waals surface area contributed by atoms with E-state index in [1.165, 1.54) is 96.3 Å². The standard InChI is InChI=1S/C25H42O.C8H14.C2H6.C2H2.CH4S/c1-17-16-20-9-5-6-14-24(20,3)22-13-15-25(4)19(10-7-8-18(2)26)11-12-21(25)23(17)22;1-2-8-6-4-3-5-7-8;3*1-2/h17,19-23H,5-16H2,1-4H3;2,8H,1,3-7H2;1-2H3;1-2H;2H,1H3/t17-,19?,20?,21?,22?,23?,24?,25?;;;;/m1..../s1. The lowest BCUT2D eigenvalue weighted by molar-refractivity contribution is -0.135. The summed E-state index contributed by atoms with van der Waals surface area (Å²) in [5.74, 6) is 7.04.